The Balaban J connectivity index is 1.15. The lowest BCUT2D eigenvalue weighted by atomic mass is 10.0. The van der Waals surface area contributed by atoms with Gasteiger partial charge in [0.05, 0.1) is 24.3 Å². The fraction of sp³-hybridized carbons (Fsp3) is 0.304. The normalized spacial score (nSPS) is 18.2. The van der Waals surface area contributed by atoms with Crippen LogP contribution in [-0.2, 0) is 0 Å². The van der Waals surface area contributed by atoms with Crippen LogP contribution in [0.1, 0.15) is 24.4 Å². The van der Waals surface area contributed by atoms with Crippen LogP contribution in [0.5, 0.6) is 0 Å². The average molecular weight is 422 g/mol. The predicted octanol–water partition coefficient (Wildman–Crippen LogP) is 4.39. The van der Waals surface area contributed by atoms with E-state index in [4.69, 9.17) is 11.6 Å². The number of aromatic nitrogens is 2. The molecule has 2 aliphatic rings. The van der Waals surface area contributed by atoms with E-state index in [0.717, 1.165) is 38.2 Å². The van der Waals surface area contributed by atoms with Gasteiger partial charge in [0.15, 0.2) is 0 Å². The summed E-state index contributed by atoms with van der Waals surface area (Å²) in [7, 11) is 0. The molecule has 1 unspecified atom stereocenters. The number of urea groups is 1. The molecule has 6 nitrogen and oxygen atoms in total. The fourth-order valence-corrected chi connectivity index (χ4v) is 4.57. The van der Waals surface area contributed by atoms with E-state index >= 15 is 0 Å². The molecule has 1 aromatic heterocycles. The number of benzene rings is 2. The maximum Gasteiger partial charge on any atom is 0.321 e. The number of hydrogen-bond donors (Lipinski definition) is 2. The summed E-state index contributed by atoms with van der Waals surface area (Å²) in [6.45, 7) is 2.35. The summed E-state index contributed by atoms with van der Waals surface area (Å²) in [5, 5.41) is 7.34. The van der Waals surface area contributed by atoms with Gasteiger partial charge in [0.25, 0.3) is 0 Å². The molecule has 30 heavy (non-hydrogen) atoms. The molecular weight excluding hydrogens is 398 g/mol. The van der Waals surface area contributed by atoms with Crippen molar-refractivity contribution in [3.05, 3.63) is 71.6 Å². The molecular formula is C23H24ClN5O. The van der Waals surface area contributed by atoms with Crippen LogP contribution < -0.4 is 10.6 Å². The molecule has 2 aromatic carbocycles. The number of amides is 2. The number of imidazole rings is 1. The van der Waals surface area contributed by atoms with Crippen LogP contribution in [0.2, 0.25) is 5.02 Å². The predicted molar refractivity (Wildman–Crippen MR) is 119 cm³/mol. The number of nitrogens with zero attached hydrogens (tertiary/aromatic N) is 3. The van der Waals surface area contributed by atoms with Gasteiger partial charge in [-0.3, -0.25) is 0 Å². The van der Waals surface area contributed by atoms with Crippen LogP contribution in [0.3, 0.4) is 0 Å². The topological polar surface area (TPSA) is 62.2 Å². The molecule has 7 heteroatoms. The minimum Gasteiger partial charge on any atom is -0.324 e. The van der Waals surface area contributed by atoms with Crippen LogP contribution in [0.15, 0.2) is 61.1 Å². The molecule has 0 saturated carbocycles. The van der Waals surface area contributed by atoms with Gasteiger partial charge in [-0.15, -0.1) is 0 Å². The molecule has 1 fully saturated rings. The number of likely N-dealkylation sites (tertiary alicyclic amines) is 1. The molecule has 154 valence electrons. The van der Waals surface area contributed by atoms with E-state index in [9.17, 15) is 4.79 Å². The third-order valence-electron chi connectivity index (χ3n) is 6.08. The quantitative estimate of drug-likeness (QED) is 0.656. The first-order valence-electron chi connectivity index (χ1n) is 10.3. The Hall–Kier alpha value is -2.83. The van der Waals surface area contributed by atoms with Gasteiger partial charge in [0, 0.05) is 41.9 Å². The smallest absolute Gasteiger partial charge is 0.321 e. The Labute approximate surface area is 180 Å². The van der Waals surface area contributed by atoms with Crippen molar-refractivity contribution in [2.24, 2.45) is 0 Å². The summed E-state index contributed by atoms with van der Waals surface area (Å²) in [4.78, 5) is 18.7. The second-order valence-electron chi connectivity index (χ2n) is 7.90. The SMILES string of the molecule is O=C(Nc1ccc(Cl)cc1)N1CCC(NCC2c3ccccc3-c3cncn32)CC1. The van der Waals surface area contributed by atoms with Crippen LogP contribution in [0, 0.1) is 0 Å². The van der Waals surface area contributed by atoms with Crippen molar-refractivity contribution in [1.29, 1.82) is 0 Å². The second-order valence-corrected chi connectivity index (χ2v) is 8.33. The van der Waals surface area contributed by atoms with E-state index in [2.05, 4.69) is 44.5 Å². The summed E-state index contributed by atoms with van der Waals surface area (Å²) in [6, 6.07) is 16.4. The van der Waals surface area contributed by atoms with Gasteiger partial charge in [-0.05, 0) is 42.7 Å². The van der Waals surface area contributed by atoms with E-state index in [1.807, 2.05) is 29.6 Å². The van der Waals surface area contributed by atoms with Crippen LogP contribution in [-0.4, -0.2) is 46.2 Å². The summed E-state index contributed by atoms with van der Waals surface area (Å²) in [6.07, 6.45) is 5.75. The minimum absolute atomic E-state index is 0.0523. The number of carbonyl (C=O) groups excluding carboxylic acids is 1. The van der Waals surface area contributed by atoms with E-state index in [-0.39, 0.29) is 12.1 Å². The summed E-state index contributed by atoms with van der Waals surface area (Å²) < 4.78 is 2.26. The zero-order chi connectivity index (χ0) is 20.5. The molecule has 0 spiro atoms. The minimum atomic E-state index is -0.0523. The van der Waals surface area contributed by atoms with Gasteiger partial charge < -0.3 is 20.1 Å². The summed E-state index contributed by atoms with van der Waals surface area (Å²) in [5.74, 6) is 0. The number of anilines is 1. The van der Waals surface area contributed by atoms with Crippen molar-refractivity contribution < 1.29 is 4.79 Å². The molecule has 3 heterocycles. The molecule has 1 saturated heterocycles. The highest BCUT2D eigenvalue weighted by Gasteiger charge is 2.29. The van der Waals surface area contributed by atoms with E-state index in [1.165, 1.54) is 16.8 Å². The second kappa shape index (κ2) is 8.13. The number of halogens is 1. The molecule has 2 aliphatic heterocycles. The lowest BCUT2D eigenvalue weighted by Gasteiger charge is -2.33. The molecule has 3 aromatic rings. The molecule has 5 rings (SSSR count). The third-order valence-corrected chi connectivity index (χ3v) is 6.33. The standard InChI is InChI=1S/C23H24ClN5O/c24-16-5-7-18(8-6-16)27-23(30)28-11-9-17(10-12-28)26-14-22-20-4-2-1-3-19(20)21-13-25-15-29(21)22/h1-8,13,15,17,22,26H,9-12,14H2,(H,27,30). The first kappa shape index (κ1) is 19.2. The number of rotatable bonds is 4. The van der Waals surface area contributed by atoms with Gasteiger partial charge in [0.2, 0.25) is 0 Å². The highest BCUT2D eigenvalue weighted by atomic mass is 35.5. The van der Waals surface area contributed by atoms with E-state index < -0.39 is 0 Å². The monoisotopic (exact) mass is 421 g/mol. The van der Waals surface area contributed by atoms with Gasteiger partial charge in [-0.25, -0.2) is 9.78 Å². The highest BCUT2D eigenvalue weighted by Crippen LogP contribution is 2.38. The van der Waals surface area contributed by atoms with Crippen molar-refractivity contribution in [2.45, 2.75) is 24.9 Å². The van der Waals surface area contributed by atoms with E-state index in [1.54, 1.807) is 12.1 Å². The van der Waals surface area contributed by atoms with Crippen LogP contribution in [0.4, 0.5) is 10.5 Å². The Morgan fingerprint density at radius 2 is 1.87 bits per heavy atom. The molecule has 0 aliphatic carbocycles. The maximum atomic E-state index is 12.5. The van der Waals surface area contributed by atoms with Crippen molar-refractivity contribution in [3.63, 3.8) is 0 Å². The van der Waals surface area contributed by atoms with Gasteiger partial charge in [-0.2, -0.15) is 0 Å². The average Bonchev–Trinajstić information content (AvgIpc) is 3.36. The van der Waals surface area contributed by atoms with Gasteiger partial charge >= 0.3 is 6.03 Å². The number of hydrogen-bond acceptors (Lipinski definition) is 3. The molecule has 0 radical (unpaired) electrons. The largest absolute Gasteiger partial charge is 0.324 e. The third kappa shape index (κ3) is 3.68. The molecule has 1 atom stereocenters. The van der Waals surface area contributed by atoms with Crippen LogP contribution >= 0.6 is 11.6 Å². The Morgan fingerprint density at radius 1 is 1.10 bits per heavy atom. The summed E-state index contributed by atoms with van der Waals surface area (Å²) in [5.41, 5.74) is 4.57. The van der Waals surface area contributed by atoms with Crippen LogP contribution in [0.25, 0.3) is 11.3 Å². The Kier molecular flexibility index (Phi) is 5.19. The van der Waals surface area contributed by atoms with Crippen molar-refractivity contribution >= 4 is 23.3 Å². The summed E-state index contributed by atoms with van der Waals surface area (Å²) >= 11 is 5.90. The Morgan fingerprint density at radius 3 is 2.67 bits per heavy atom. The van der Waals surface area contributed by atoms with Crippen molar-refractivity contribution in [2.75, 3.05) is 25.0 Å². The lowest BCUT2D eigenvalue weighted by Crippen LogP contribution is -2.47. The first-order chi connectivity index (χ1) is 14.7. The fourth-order valence-electron chi connectivity index (χ4n) is 4.44. The lowest BCUT2D eigenvalue weighted by molar-refractivity contribution is 0.188. The maximum absolute atomic E-state index is 12.5. The molecule has 0 bridgehead atoms. The highest BCUT2D eigenvalue weighted by molar-refractivity contribution is 6.30. The van der Waals surface area contributed by atoms with E-state index in [0.29, 0.717) is 11.1 Å². The van der Waals surface area contributed by atoms with Gasteiger partial charge in [0.1, 0.15) is 0 Å². The number of carbonyl (C=O) groups is 1. The first-order valence-corrected chi connectivity index (χ1v) is 10.7. The Bertz CT molecular complexity index is 1040. The molecule has 2 amide bonds. The zero-order valence-corrected chi connectivity index (χ0v) is 17.3. The number of nitrogens with one attached hydrogen (secondary N) is 2. The molecule has 2 N–H and O–H groups in total. The number of piperidine rings is 1. The van der Waals surface area contributed by atoms with Gasteiger partial charge in [-0.1, -0.05) is 35.9 Å². The van der Waals surface area contributed by atoms with Crippen molar-refractivity contribution in [1.82, 2.24) is 19.8 Å². The number of fused-ring (bicyclic) bond motifs is 3. The zero-order valence-electron chi connectivity index (χ0n) is 16.6. The van der Waals surface area contributed by atoms with Crippen molar-refractivity contribution in [3.8, 4) is 11.3 Å².